The Kier molecular flexibility index (Phi) is 5.31. The molecule has 2 heterocycles. The summed E-state index contributed by atoms with van der Waals surface area (Å²) in [7, 11) is 3.17. The summed E-state index contributed by atoms with van der Waals surface area (Å²) in [6.07, 6.45) is 2.19. The van der Waals surface area contributed by atoms with Crippen molar-refractivity contribution in [3.63, 3.8) is 0 Å². The number of amides is 3. The van der Waals surface area contributed by atoms with Gasteiger partial charge in [0, 0.05) is 26.2 Å². The van der Waals surface area contributed by atoms with Crippen molar-refractivity contribution in [2.45, 2.75) is 25.3 Å². The fraction of sp³-hybridized carbons (Fsp3) is 0.556. The van der Waals surface area contributed by atoms with Crippen molar-refractivity contribution < 1.29 is 19.1 Å². The molecule has 0 saturated carbocycles. The van der Waals surface area contributed by atoms with Crippen molar-refractivity contribution in [3.05, 3.63) is 23.8 Å². The molecule has 136 valence electrons. The molecule has 1 aromatic carbocycles. The summed E-state index contributed by atoms with van der Waals surface area (Å²) in [6.45, 7) is 2.77. The van der Waals surface area contributed by atoms with Gasteiger partial charge in [-0.15, -0.1) is 0 Å². The van der Waals surface area contributed by atoms with Gasteiger partial charge in [0.25, 0.3) is 0 Å². The fourth-order valence-corrected chi connectivity index (χ4v) is 3.55. The lowest BCUT2D eigenvalue weighted by atomic mass is 10.0. The smallest absolute Gasteiger partial charge is 0.317 e. The van der Waals surface area contributed by atoms with E-state index in [2.05, 4.69) is 5.32 Å². The zero-order valence-corrected chi connectivity index (χ0v) is 14.8. The third-order valence-electron chi connectivity index (χ3n) is 4.88. The topological polar surface area (TPSA) is 71.1 Å². The van der Waals surface area contributed by atoms with Crippen LogP contribution in [0.5, 0.6) is 11.5 Å². The van der Waals surface area contributed by atoms with E-state index in [1.165, 1.54) is 0 Å². The van der Waals surface area contributed by atoms with Gasteiger partial charge in [0.1, 0.15) is 0 Å². The van der Waals surface area contributed by atoms with E-state index in [9.17, 15) is 9.59 Å². The lowest BCUT2D eigenvalue weighted by Crippen LogP contribution is -2.51. The normalized spacial score (nSPS) is 20.4. The number of piperidine rings is 1. The third-order valence-corrected chi connectivity index (χ3v) is 4.88. The SMILES string of the molecule is COc1ccc(CC(=O)N2CCC[C@H](N3CCNC3=O)C2)cc1OC. The van der Waals surface area contributed by atoms with E-state index >= 15 is 0 Å². The number of methoxy groups -OCH3 is 2. The number of nitrogens with zero attached hydrogens (tertiary/aromatic N) is 2. The van der Waals surface area contributed by atoms with E-state index in [-0.39, 0.29) is 18.0 Å². The second-order valence-electron chi connectivity index (χ2n) is 6.43. The second-order valence-corrected chi connectivity index (χ2v) is 6.43. The molecular formula is C18H25N3O4. The first kappa shape index (κ1) is 17.4. The van der Waals surface area contributed by atoms with Crippen LogP contribution in [-0.4, -0.2) is 68.2 Å². The highest BCUT2D eigenvalue weighted by Crippen LogP contribution is 2.28. The van der Waals surface area contributed by atoms with Crippen molar-refractivity contribution in [1.82, 2.24) is 15.1 Å². The van der Waals surface area contributed by atoms with Gasteiger partial charge in [-0.1, -0.05) is 6.07 Å². The van der Waals surface area contributed by atoms with Gasteiger partial charge >= 0.3 is 6.03 Å². The fourth-order valence-electron chi connectivity index (χ4n) is 3.55. The Balaban J connectivity index is 1.63. The predicted molar refractivity (Wildman–Crippen MR) is 93.0 cm³/mol. The monoisotopic (exact) mass is 347 g/mol. The maximum Gasteiger partial charge on any atom is 0.317 e. The number of benzene rings is 1. The average molecular weight is 347 g/mol. The Morgan fingerprint density at radius 3 is 2.72 bits per heavy atom. The van der Waals surface area contributed by atoms with Crippen molar-refractivity contribution in [3.8, 4) is 11.5 Å². The van der Waals surface area contributed by atoms with E-state index < -0.39 is 0 Å². The van der Waals surface area contributed by atoms with Crippen LogP contribution in [0.25, 0.3) is 0 Å². The summed E-state index contributed by atoms with van der Waals surface area (Å²) in [6, 6.07) is 5.64. The first-order chi connectivity index (χ1) is 12.1. The number of hydrogen-bond donors (Lipinski definition) is 1. The van der Waals surface area contributed by atoms with E-state index in [1.807, 2.05) is 28.0 Å². The highest BCUT2D eigenvalue weighted by atomic mass is 16.5. The van der Waals surface area contributed by atoms with Crippen LogP contribution >= 0.6 is 0 Å². The van der Waals surface area contributed by atoms with Gasteiger partial charge in [-0.3, -0.25) is 4.79 Å². The van der Waals surface area contributed by atoms with Crippen LogP contribution in [0.15, 0.2) is 18.2 Å². The number of likely N-dealkylation sites (tertiary alicyclic amines) is 1. The molecule has 3 amide bonds. The number of ether oxygens (including phenoxy) is 2. The van der Waals surface area contributed by atoms with Gasteiger partial charge in [-0.05, 0) is 30.5 Å². The van der Waals surface area contributed by atoms with Crippen LogP contribution in [0.4, 0.5) is 4.79 Å². The first-order valence-corrected chi connectivity index (χ1v) is 8.65. The quantitative estimate of drug-likeness (QED) is 0.871. The molecule has 0 bridgehead atoms. The van der Waals surface area contributed by atoms with Gasteiger partial charge in [-0.2, -0.15) is 0 Å². The van der Waals surface area contributed by atoms with Crippen LogP contribution in [0.3, 0.4) is 0 Å². The van der Waals surface area contributed by atoms with Crippen LogP contribution < -0.4 is 14.8 Å². The van der Waals surface area contributed by atoms with Gasteiger partial charge in [0.15, 0.2) is 11.5 Å². The Morgan fingerprint density at radius 2 is 2.04 bits per heavy atom. The molecule has 3 rings (SSSR count). The van der Waals surface area contributed by atoms with Crippen molar-refractivity contribution in [2.75, 3.05) is 40.4 Å². The molecule has 1 atom stereocenters. The molecule has 2 aliphatic rings. The van der Waals surface area contributed by atoms with Crippen molar-refractivity contribution in [1.29, 1.82) is 0 Å². The summed E-state index contributed by atoms with van der Waals surface area (Å²) >= 11 is 0. The van der Waals surface area contributed by atoms with Gasteiger partial charge in [-0.25, -0.2) is 4.79 Å². The van der Waals surface area contributed by atoms with Crippen LogP contribution in [0.1, 0.15) is 18.4 Å². The first-order valence-electron chi connectivity index (χ1n) is 8.65. The summed E-state index contributed by atoms with van der Waals surface area (Å²) in [4.78, 5) is 28.3. The maximum absolute atomic E-state index is 12.7. The number of hydrogen-bond acceptors (Lipinski definition) is 4. The highest BCUT2D eigenvalue weighted by Gasteiger charge is 2.32. The molecule has 7 nitrogen and oxygen atoms in total. The van der Waals surface area contributed by atoms with Gasteiger partial charge in [0.2, 0.25) is 5.91 Å². The Morgan fingerprint density at radius 1 is 1.24 bits per heavy atom. The van der Waals surface area contributed by atoms with Crippen molar-refractivity contribution in [2.24, 2.45) is 0 Å². The molecule has 0 aliphatic carbocycles. The molecule has 2 saturated heterocycles. The minimum Gasteiger partial charge on any atom is -0.493 e. The predicted octanol–water partition coefficient (Wildman–Crippen LogP) is 1.26. The van der Waals surface area contributed by atoms with E-state index in [4.69, 9.17) is 9.47 Å². The Bertz CT molecular complexity index is 649. The summed E-state index contributed by atoms with van der Waals surface area (Å²) in [5.74, 6) is 1.35. The molecule has 0 unspecified atom stereocenters. The van der Waals surface area contributed by atoms with E-state index in [1.54, 1.807) is 14.2 Å². The second kappa shape index (κ2) is 7.63. The largest absolute Gasteiger partial charge is 0.493 e. The summed E-state index contributed by atoms with van der Waals surface area (Å²) < 4.78 is 10.5. The summed E-state index contributed by atoms with van der Waals surface area (Å²) in [5, 5.41) is 2.83. The minimum absolute atomic E-state index is 0.0146. The molecule has 2 fully saturated rings. The summed E-state index contributed by atoms with van der Waals surface area (Å²) in [5.41, 5.74) is 0.892. The molecule has 1 aromatic rings. The number of nitrogens with one attached hydrogen (secondary N) is 1. The molecule has 0 aromatic heterocycles. The Hall–Kier alpha value is -2.44. The van der Waals surface area contributed by atoms with E-state index in [0.29, 0.717) is 31.0 Å². The molecule has 2 aliphatic heterocycles. The van der Waals surface area contributed by atoms with Gasteiger partial charge < -0.3 is 24.6 Å². The average Bonchev–Trinajstić information content (AvgIpc) is 3.07. The number of rotatable bonds is 5. The standard InChI is InChI=1S/C18H25N3O4/c1-24-15-6-5-13(10-16(15)25-2)11-17(22)20-8-3-4-14(12-20)21-9-7-19-18(21)23/h5-6,10,14H,3-4,7-9,11-12H2,1-2H3,(H,19,23)/t14-/m0/s1. The highest BCUT2D eigenvalue weighted by molar-refractivity contribution is 5.80. The van der Waals surface area contributed by atoms with Crippen LogP contribution in [0.2, 0.25) is 0 Å². The lowest BCUT2D eigenvalue weighted by molar-refractivity contribution is -0.132. The minimum atomic E-state index is -0.0146. The van der Waals surface area contributed by atoms with Crippen LogP contribution in [-0.2, 0) is 11.2 Å². The molecule has 1 N–H and O–H groups in total. The molecule has 7 heteroatoms. The number of urea groups is 1. The zero-order valence-electron chi connectivity index (χ0n) is 14.8. The van der Waals surface area contributed by atoms with Crippen LogP contribution in [0, 0.1) is 0 Å². The Labute approximate surface area is 147 Å². The van der Waals surface area contributed by atoms with E-state index in [0.717, 1.165) is 31.5 Å². The maximum atomic E-state index is 12.7. The zero-order chi connectivity index (χ0) is 17.8. The number of carbonyl (C=O) groups is 2. The molecule has 0 radical (unpaired) electrons. The molecule has 25 heavy (non-hydrogen) atoms. The third kappa shape index (κ3) is 3.81. The lowest BCUT2D eigenvalue weighted by Gasteiger charge is -2.37. The number of carbonyl (C=O) groups excluding carboxylic acids is 2. The van der Waals surface area contributed by atoms with Crippen molar-refractivity contribution >= 4 is 11.9 Å². The molecule has 0 spiro atoms. The van der Waals surface area contributed by atoms with Gasteiger partial charge in [0.05, 0.1) is 26.7 Å². The molecular weight excluding hydrogens is 322 g/mol.